The van der Waals surface area contributed by atoms with Crippen molar-refractivity contribution in [1.29, 1.82) is 0 Å². The number of primary amides is 1. The summed E-state index contributed by atoms with van der Waals surface area (Å²) in [4.78, 5) is 255. The van der Waals surface area contributed by atoms with Crippen molar-refractivity contribution in [3.05, 3.63) is 156 Å². The summed E-state index contributed by atoms with van der Waals surface area (Å²) in [6, 6.07) is 4.62. The number of H-pyrrole nitrogens is 2. The van der Waals surface area contributed by atoms with Crippen molar-refractivity contribution in [2.24, 2.45) is 23.5 Å². The van der Waals surface area contributed by atoms with Crippen LogP contribution in [0.1, 0.15) is 107 Å². The van der Waals surface area contributed by atoms with Crippen LogP contribution in [-0.4, -0.2) is 250 Å². The van der Waals surface area contributed by atoms with Crippen LogP contribution in [0.3, 0.4) is 0 Å². The van der Waals surface area contributed by atoms with E-state index in [0.29, 0.717) is 22.3 Å². The molecule has 0 spiro atoms. The zero-order valence-corrected chi connectivity index (χ0v) is 71.5. The fourth-order valence-corrected chi connectivity index (χ4v) is 13.9. The summed E-state index contributed by atoms with van der Waals surface area (Å²) in [7, 11) is 0. The number of thioether (sulfide) groups is 1. The fraction of sp³-hybridized carbons (Fsp3) is 0.440. The maximum atomic E-state index is 15.2. The number of phenols is 4. The van der Waals surface area contributed by atoms with Gasteiger partial charge in [0.2, 0.25) is 94.5 Å². The first-order valence-electron chi connectivity index (χ1n) is 40.9. The highest BCUT2D eigenvalue weighted by Gasteiger charge is 2.38. The van der Waals surface area contributed by atoms with Crippen LogP contribution in [0, 0.1) is 17.8 Å². The molecule has 0 radical (unpaired) electrons. The van der Waals surface area contributed by atoms with E-state index in [1.807, 2.05) is 0 Å². The standard InChI is InChI=1S/C84H110N20O22S/c1-7-46(6)73-84(126)103-59(27-45(4)5)79(121)98-60(28-47-8-16-53(105)17-9-47)75(117)90-37-68(110)94-57(24-25-72(114)115)78(120)97-58(26-44(2)3)74(116)89-38-69(111)96-66(77(119)88-36-67(85)109)40-127-41-71(113)95-62(30-49-12-20-55(107)21-13-49)80(122)101-65(33-52-35-87-43-93-52)83(125)102-64(32-51-34-86-42-92-51)82(124)100-63(31-50-14-22-56(108)23-15-50)81(123)99-61(76(118)91-39-70(112)104-73)29-48-10-18-54(106)19-11-48/h8-23,34-35,42-46,57-66,73,105-108H,7,24-33,36-41H2,1-6H3,(H2,85,109)(H,86,92)(H,87,93)(H,88,119)(H,89,116)(H,90,117)(H,91,118)(H,94,110)(H,95,113)(H,96,111)(H,97,120)(H,98,121)(H,99,123)(H,100,124)(H,101,122)(H,102,125)(H,103,126)(H,104,112)(H,114,115)/t46-,57-,58-,59-,60-,61-,62-,63-,64-,65-,66-,73-/m0/s1. The molecule has 7 rings (SSSR count). The normalized spacial score (nSPS) is 22.1. The first kappa shape index (κ1) is 99.9. The van der Waals surface area contributed by atoms with Crippen LogP contribution in [0.15, 0.2) is 122 Å². The van der Waals surface area contributed by atoms with E-state index in [1.165, 1.54) is 122 Å². The monoisotopic (exact) mass is 1780 g/mol. The molecule has 3 heterocycles. The van der Waals surface area contributed by atoms with Crippen molar-refractivity contribution < 1.29 is 107 Å². The van der Waals surface area contributed by atoms with Gasteiger partial charge in [-0.2, -0.15) is 0 Å². The molecule has 1 aliphatic heterocycles. The summed E-state index contributed by atoms with van der Waals surface area (Å²) in [5.74, 6) is -20.3. The SMILES string of the molecule is CC[C@H](C)[C@@H]1NC(=O)CNC(=O)[C@H](Cc2ccc(O)cc2)NC(=O)[C@H](Cc2ccc(O)cc2)NC(=O)[C@H](Cc2c[nH]cn2)NC(=O)[C@H](Cc2c[nH]cn2)NC(=O)[C@H](Cc2ccc(O)cc2)NC(=O)CSC[C@@H](C(=O)NCC(N)=O)NC(=O)CNC(=O)[C@H](CC(C)C)NC(=O)[C@H](CCC(=O)O)NC(=O)CNC(=O)[C@H](Cc2ccc(O)cc2)NC(=O)[C@H](CC(C)C)NC1=O. The molecule has 1 saturated heterocycles. The highest BCUT2D eigenvalue weighted by Crippen LogP contribution is 2.20. The van der Waals surface area contributed by atoms with Gasteiger partial charge in [0.1, 0.15) is 89.5 Å². The number of nitrogens with two attached hydrogens (primary N) is 1. The predicted molar refractivity (Wildman–Crippen MR) is 457 cm³/mol. The van der Waals surface area contributed by atoms with Gasteiger partial charge in [0.15, 0.2) is 0 Å². The number of carboxylic acid groups (broad SMARTS) is 1. The number of rotatable bonds is 24. The van der Waals surface area contributed by atoms with E-state index >= 15 is 14.4 Å². The van der Waals surface area contributed by atoms with Gasteiger partial charge in [-0.25, -0.2) is 9.97 Å². The minimum Gasteiger partial charge on any atom is -0.508 e. The van der Waals surface area contributed by atoms with Crippen molar-refractivity contribution in [3.63, 3.8) is 0 Å². The van der Waals surface area contributed by atoms with Gasteiger partial charge in [0.05, 0.1) is 56.0 Å². The second kappa shape index (κ2) is 50.0. The van der Waals surface area contributed by atoms with Crippen LogP contribution in [0.4, 0.5) is 0 Å². The highest BCUT2D eigenvalue weighted by molar-refractivity contribution is 8.00. The molecule has 127 heavy (non-hydrogen) atoms. The minimum absolute atomic E-state index is 0.0702. The Hall–Kier alpha value is -14.2. The number of nitrogens with one attached hydrogen (secondary N) is 17. The van der Waals surface area contributed by atoms with Crippen molar-refractivity contribution in [2.75, 3.05) is 37.7 Å². The molecule has 43 heteroatoms. The Labute approximate surface area is 734 Å². The summed E-state index contributed by atoms with van der Waals surface area (Å²) in [5, 5.41) is 88.8. The van der Waals surface area contributed by atoms with E-state index < -0.39 is 230 Å². The summed E-state index contributed by atoms with van der Waals surface area (Å²) < 4.78 is 0. The van der Waals surface area contributed by atoms with Crippen LogP contribution in [0.2, 0.25) is 0 Å². The van der Waals surface area contributed by atoms with Crippen LogP contribution in [-0.2, 0) is 120 Å². The molecule has 0 bridgehead atoms. The number of aromatic amines is 2. The number of aliphatic carboxylic acids is 1. The number of benzene rings is 4. The maximum Gasteiger partial charge on any atom is 0.303 e. The summed E-state index contributed by atoms with van der Waals surface area (Å²) in [5.41, 5.74) is 7.16. The van der Waals surface area contributed by atoms with Crippen LogP contribution in [0.5, 0.6) is 23.0 Å². The van der Waals surface area contributed by atoms with Gasteiger partial charge < -0.3 is 121 Å². The van der Waals surface area contributed by atoms with Gasteiger partial charge in [-0.1, -0.05) is 96.5 Å². The molecule has 42 nitrogen and oxygen atoms in total. The van der Waals surface area contributed by atoms with Crippen molar-refractivity contribution in [1.82, 2.24) is 99.7 Å². The summed E-state index contributed by atoms with van der Waals surface area (Å²) in [6.07, 6.45) is 2.09. The van der Waals surface area contributed by atoms with Gasteiger partial charge in [-0.15, -0.1) is 11.8 Å². The molecule has 6 aromatic rings. The number of aromatic hydroxyl groups is 4. The van der Waals surface area contributed by atoms with Gasteiger partial charge in [0, 0.05) is 63.1 Å². The molecule has 24 N–H and O–H groups in total. The number of nitrogens with zero attached hydrogens (tertiary/aromatic N) is 2. The van der Waals surface area contributed by atoms with Crippen molar-refractivity contribution in [3.8, 4) is 23.0 Å². The lowest BCUT2D eigenvalue weighted by Gasteiger charge is -2.28. The number of carboxylic acids is 1. The third-order valence-electron chi connectivity index (χ3n) is 19.9. The van der Waals surface area contributed by atoms with E-state index in [1.54, 1.807) is 41.5 Å². The van der Waals surface area contributed by atoms with E-state index in [9.17, 15) is 92.7 Å². The number of aromatic nitrogens is 4. The average Bonchev–Trinajstić information content (AvgIpc) is 1.36. The molecule has 684 valence electrons. The zero-order valence-electron chi connectivity index (χ0n) is 70.7. The molecule has 1 aliphatic rings. The fourth-order valence-electron chi connectivity index (χ4n) is 13.1. The maximum absolute atomic E-state index is 15.2. The first-order valence-corrected chi connectivity index (χ1v) is 42.1. The van der Waals surface area contributed by atoms with Gasteiger partial charge in [-0.05, 0) is 108 Å². The number of hydrogen-bond acceptors (Lipinski definition) is 24. The second-order valence-corrected chi connectivity index (χ2v) is 32.3. The van der Waals surface area contributed by atoms with Crippen LogP contribution < -0.4 is 85.5 Å². The number of phenolic OH excluding ortho intramolecular Hbond substituents is 4. The lowest BCUT2D eigenvalue weighted by atomic mass is 9.96. The number of imidazole rings is 2. The third kappa shape index (κ3) is 34.8. The van der Waals surface area contributed by atoms with Crippen LogP contribution >= 0.6 is 11.8 Å². The van der Waals surface area contributed by atoms with Gasteiger partial charge in [-0.3, -0.25) is 81.5 Å². The number of hydrogen-bond donors (Lipinski definition) is 23. The van der Waals surface area contributed by atoms with Crippen LogP contribution in [0.25, 0.3) is 0 Å². The molecule has 4 aromatic carbocycles. The predicted octanol–water partition coefficient (Wildman–Crippen LogP) is -3.26. The minimum atomic E-state index is -1.71. The summed E-state index contributed by atoms with van der Waals surface area (Å²) in [6.45, 7) is 6.77. The quantitative estimate of drug-likeness (QED) is 0.0283. The largest absolute Gasteiger partial charge is 0.508 e. The Bertz CT molecular complexity index is 4770. The lowest BCUT2D eigenvalue weighted by Crippen LogP contribution is -2.61. The molecule has 12 atom stereocenters. The van der Waals surface area contributed by atoms with Crippen molar-refractivity contribution >= 4 is 112 Å². The number of carbonyl (C=O) groups is 17. The molecule has 1 fully saturated rings. The Balaban J connectivity index is 1.26. The molecule has 0 saturated carbocycles. The topological polar surface area (TPSA) is 655 Å². The smallest absolute Gasteiger partial charge is 0.303 e. The zero-order chi connectivity index (χ0) is 93.0. The van der Waals surface area contributed by atoms with E-state index in [2.05, 4.69) is 99.7 Å². The third-order valence-corrected chi connectivity index (χ3v) is 21.0. The molecular formula is C84H110N20O22S. The Kier molecular flexibility index (Phi) is 39.3. The lowest BCUT2D eigenvalue weighted by molar-refractivity contribution is -0.138. The Morgan fingerprint density at radius 1 is 0.417 bits per heavy atom. The van der Waals surface area contributed by atoms with E-state index in [4.69, 9.17) is 5.73 Å². The summed E-state index contributed by atoms with van der Waals surface area (Å²) >= 11 is 0.733. The number of amides is 16. The molecule has 2 aromatic heterocycles. The highest BCUT2D eigenvalue weighted by atomic mass is 32.2. The molecule has 0 aliphatic carbocycles. The van der Waals surface area contributed by atoms with E-state index in [0.717, 1.165) is 11.8 Å². The Morgan fingerprint density at radius 3 is 1.11 bits per heavy atom. The Morgan fingerprint density at radius 2 is 0.740 bits per heavy atom. The van der Waals surface area contributed by atoms with Gasteiger partial charge >= 0.3 is 5.97 Å². The van der Waals surface area contributed by atoms with Crippen molar-refractivity contribution in [2.45, 2.75) is 179 Å². The van der Waals surface area contributed by atoms with Gasteiger partial charge in [0.25, 0.3) is 0 Å². The molecule has 16 amide bonds. The second-order valence-electron chi connectivity index (χ2n) is 31.3. The number of carbonyl (C=O) groups excluding carboxylic acids is 16. The molecule has 0 unspecified atom stereocenters. The first-order chi connectivity index (χ1) is 60.4. The molecular weight excluding hydrogens is 1670 g/mol. The van der Waals surface area contributed by atoms with E-state index in [-0.39, 0.29) is 97.6 Å². The average molecular weight is 1780 g/mol.